The van der Waals surface area contributed by atoms with Crippen molar-refractivity contribution in [2.45, 2.75) is 25.5 Å². The number of hydrogen-bond donors (Lipinski definition) is 1. The summed E-state index contributed by atoms with van der Waals surface area (Å²) in [6, 6.07) is 0. The van der Waals surface area contributed by atoms with Gasteiger partial charge in [-0.05, 0) is 13.8 Å². The summed E-state index contributed by atoms with van der Waals surface area (Å²) >= 11 is 4.37. The van der Waals surface area contributed by atoms with Crippen molar-refractivity contribution in [1.82, 2.24) is 9.97 Å². The Kier molecular flexibility index (Phi) is 2.71. The van der Waals surface area contributed by atoms with Crippen molar-refractivity contribution in [2.24, 2.45) is 0 Å². The highest BCUT2D eigenvalue weighted by molar-refractivity contribution is 7.81. The highest BCUT2D eigenvalue weighted by Gasteiger charge is 2.15. The smallest absolute Gasteiger partial charge is 0.196 e. The van der Waals surface area contributed by atoms with Crippen LogP contribution in [0.3, 0.4) is 0 Å². The summed E-state index contributed by atoms with van der Waals surface area (Å²) in [5.41, 5.74) is 0.904. The van der Waals surface area contributed by atoms with E-state index in [1.165, 1.54) is 6.92 Å². The van der Waals surface area contributed by atoms with E-state index < -0.39 is 0 Å². The number of rotatable bonds is 2. The van der Waals surface area contributed by atoms with Crippen molar-refractivity contribution in [3.63, 3.8) is 0 Å². The number of thiol groups is 1. The van der Waals surface area contributed by atoms with Crippen LogP contribution < -0.4 is 0 Å². The number of carbonyl (C=O) groups is 1. The molecular weight excluding hydrogens is 184 g/mol. The molecule has 1 rings (SSSR count). The maximum absolute atomic E-state index is 10.9. The van der Waals surface area contributed by atoms with Gasteiger partial charge in [-0.2, -0.15) is 12.6 Å². The summed E-state index contributed by atoms with van der Waals surface area (Å²) in [6.07, 6.45) is 3.27. The van der Waals surface area contributed by atoms with Crippen LogP contribution in [0.2, 0.25) is 0 Å². The second-order valence-corrected chi connectivity index (χ2v) is 4.53. The maximum atomic E-state index is 10.9. The van der Waals surface area contributed by atoms with Gasteiger partial charge in [-0.25, -0.2) is 9.97 Å². The Balaban J connectivity index is 3.01. The van der Waals surface area contributed by atoms with Gasteiger partial charge in [-0.3, -0.25) is 4.79 Å². The van der Waals surface area contributed by atoms with E-state index in [9.17, 15) is 4.79 Å². The quantitative estimate of drug-likeness (QED) is 0.580. The van der Waals surface area contributed by atoms with Crippen molar-refractivity contribution >= 4 is 18.4 Å². The van der Waals surface area contributed by atoms with E-state index >= 15 is 0 Å². The molecule has 4 heteroatoms. The highest BCUT2D eigenvalue weighted by atomic mass is 32.1. The van der Waals surface area contributed by atoms with Gasteiger partial charge in [0, 0.05) is 29.6 Å². The number of aromatic nitrogens is 2. The van der Waals surface area contributed by atoms with Gasteiger partial charge >= 0.3 is 0 Å². The molecule has 0 saturated carbocycles. The lowest BCUT2D eigenvalue weighted by molar-refractivity contribution is 0.100. The van der Waals surface area contributed by atoms with Crippen LogP contribution in [0.15, 0.2) is 12.4 Å². The van der Waals surface area contributed by atoms with Crippen LogP contribution in [0.25, 0.3) is 0 Å². The zero-order valence-corrected chi connectivity index (χ0v) is 8.80. The molecular formula is C9H12N2OS. The number of Topliss-reactive ketones (excluding diaryl/α,β-unsaturated/α-hetero) is 1. The largest absolute Gasteiger partial charge is 0.291 e. The second kappa shape index (κ2) is 3.46. The van der Waals surface area contributed by atoms with Crippen LogP contribution in [0.5, 0.6) is 0 Å². The first-order valence-electron chi connectivity index (χ1n) is 3.97. The van der Waals surface area contributed by atoms with E-state index in [4.69, 9.17) is 0 Å². The minimum absolute atomic E-state index is 0.122. The molecule has 1 aromatic heterocycles. The summed E-state index contributed by atoms with van der Waals surface area (Å²) < 4.78 is -0.269. The standard InChI is InChI=1S/C9H12N2OS/c1-6(12)8-10-4-7(5-11-8)9(2,3)13/h4-5,13H,1-3H3. The SMILES string of the molecule is CC(=O)c1ncc(C(C)(C)S)cn1. The lowest BCUT2D eigenvalue weighted by atomic mass is 10.1. The van der Waals surface area contributed by atoms with Crippen LogP contribution >= 0.6 is 12.6 Å². The van der Waals surface area contributed by atoms with Gasteiger partial charge < -0.3 is 0 Å². The number of carbonyl (C=O) groups excluding carboxylic acids is 1. The molecule has 1 heterocycles. The molecule has 13 heavy (non-hydrogen) atoms. The third-order valence-electron chi connectivity index (χ3n) is 1.67. The first-order chi connectivity index (χ1) is 5.91. The van der Waals surface area contributed by atoms with Crippen molar-refractivity contribution in [1.29, 1.82) is 0 Å². The maximum Gasteiger partial charge on any atom is 0.196 e. The molecule has 0 spiro atoms. The third kappa shape index (κ3) is 2.52. The minimum atomic E-state index is -0.269. The van der Waals surface area contributed by atoms with Gasteiger partial charge in [-0.15, -0.1) is 0 Å². The number of hydrogen-bond acceptors (Lipinski definition) is 4. The summed E-state index contributed by atoms with van der Waals surface area (Å²) in [6.45, 7) is 5.34. The van der Waals surface area contributed by atoms with Gasteiger partial charge in [0.05, 0.1) is 0 Å². The first-order valence-corrected chi connectivity index (χ1v) is 4.42. The van der Waals surface area contributed by atoms with E-state index in [-0.39, 0.29) is 16.4 Å². The van der Waals surface area contributed by atoms with Crippen LogP contribution in [0, 0.1) is 0 Å². The summed E-state index contributed by atoms with van der Waals surface area (Å²) in [4.78, 5) is 18.7. The van der Waals surface area contributed by atoms with Gasteiger partial charge in [0.15, 0.2) is 11.6 Å². The Hall–Kier alpha value is -0.900. The predicted molar refractivity (Wildman–Crippen MR) is 54.0 cm³/mol. The highest BCUT2D eigenvalue weighted by Crippen LogP contribution is 2.25. The lowest BCUT2D eigenvalue weighted by Gasteiger charge is -2.16. The Labute approximate surface area is 83.0 Å². The van der Waals surface area contributed by atoms with E-state index in [0.29, 0.717) is 0 Å². The van der Waals surface area contributed by atoms with Crippen molar-refractivity contribution in [3.05, 3.63) is 23.8 Å². The van der Waals surface area contributed by atoms with Gasteiger partial charge in [0.2, 0.25) is 0 Å². The van der Waals surface area contributed by atoms with Crippen LogP contribution in [0.1, 0.15) is 37.0 Å². The van der Waals surface area contributed by atoms with E-state index in [0.717, 1.165) is 5.56 Å². The molecule has 0 fully saturated rings. The van der Waals surface area contributed by atoms with Gasteiger partial charge in [-0.1, -0.05) is 0 Å². The second-order valence-electron chi connectivity index (χ2n) is 3.41. The van der Waals surface area contributed by atoms with Crippen molar-refractivity contribution < 1.29 is 4.79 Å². The average molecular weight is 196 g/mol. The molecule has 0 aliphatic rings. The molecule has 1 aromatic rings. The zero-order chi connectivity index (χ0) is 10.1. The molecule has 3 nitrogen and oxygen atoms in total. The van der Waals surface area contributed by atoms with Crippen LogP contribution in [-0.2, 0) is 4.75 Å². The molecule has 0 N–H and O–H groups in total. The summed E-state index contributed by atoms with van der Waals surface area (Å²) in [5, 5.41) is 0. The average Bonchev–Trinajstić information content (AvgIpc) is 2.03. The van der Waals surface area contributed by atoms with Crippen LogP contribution in [-0.4, -0.2) is 15.8 Å². The monoisotopic (exact) mass is 196 g/mol. The predicted octanol–water partition coefficient (Wildman–Crippen LogP) is 1.84. The Morgan fingerprint density at radius 2 is 1.85 bits per heavy atom. The number of nitrogens with zero attached hydrogens (tertiary/aromatic N) is 2. The molecule has 0 unspecified atom stereocenters. The molecule has 0 atom stereocenters. The van der Waals surface area contributed by atoms with E-state index in [1.807, 2.05) is 13.8 Å². The van der Waals surface area contributed by atoms with E-state index in [1.54, 1.807) is 12.4 Å². The molecule has 0 amide bonds. The molecule has 0 radical (unpaired) electrons. The molecule has 70 valence electrons. The normalized spacial score (nSPS) is 11.4. The Morgan fingerprint density at radius 3 is 2.15 bits per heavy atom. The van der Waals surface area contributed by atoms with Gasteiger partial charge in [0.25, 0.3) is 0 Å². The topological polar surface area (TPSA) is 42.9 Å². The van der Waals surface area contributed by atoms with Crippen molar-refractivity contribution in [3.8, 4) is 0 Å². The molecule has 0 saturated heterocycles. The first kappa shape index (κ1) is 10.2. The number of ketones is 1. The molecule has 0 aliphatic carbocycles. The fourth-order valence-electron chi connectivity index (χ4n) is 0.826. The third-order valence-corrected chi connectivity index (χ3v) is 1.93. The Bertz CT molecular complexity index is 313. The fourth-order valence-corrected chi connectivity index (χ4v) is 0.941. The van der Waals surface area contributed by atoms with Crippen LogP contribution in [0.4, 0.5) is 0 Å². The van der Waals surface area contributed by atoms with Gasteiger partial charge in [0.1, 0.15) is 0 Å². The molecule has 0 bridgehead atoms. The summed E-state index contributed by atoms with van der Waals surface area (Å²) in [5.74, 6) is 0.129. The lowest BCUT2D eigenvalue weighted by Crippen LogP contribution is -2.10. The van der Waals surface area contributed by atoms with Crippen molar-refractivity contribution in [2.75, 3.05) is 0 Å². The molecule has 0 aliphatic heterocycles. The zero-order valence-electron chi connectivity index (χ0n) is 7.90. The summed E-state index contributed by atoms with van der Waals surface area (Å²) in [7, 11) is 0. The van der Waals surface area contributed by atoms with E-state index in [2.05, 4.69) is 22.6 Å². The Morgan fingerprint density at radius 1 is 1.38 bits per heavy atom. The minimum Gasteiger partial charge on any atom is -0.291 e. The molecule has 0 aromatic carbocycles. The fraction of sp³-hybridized carbons (Fsp3) is 0.444.